The molecular weight excluding hydrogens is 286 g/mol. The van der Waals surface area contributed by atoms with Crippen molar-refractivity contribution >= 4 is 9.84 Å². The average Bonchev–Trinajstić information content (AvgIpc) is 2.87. The van der Waals surface area contributed by atoms with Crippen molar-refractivity contribution < 1.29 is 8.42 Å². The SMILES string of the molecule is CC(CS(C)(=O)=O)NC(C)c1cnn(-c2ccccc2)c1. The average molecular weight is 307 g/mol. The fourth-order valence-corrected chi connectivity index (χ4v) is 3.31. The van der Waals surface area contributed by atoms with Crippen LogP contribution in [0.1, 0.15) is 25.5 Å². The lowest BCUT2D eigenvalue weighted by Gasteiger charge is -2.18. The number of benzene rings is 1. The first-order valence-corrected chi connectivity index (χ1v) is 8.95. The van der Waals surface area contributed by atoms with Gasteiger partial charge in [0.2, 0.25) is 0 Å². The minimum Gasteiger partial charge on any atom is -0.307 e. The summed E-state index contributed by atoms with van der Waals surface area (Å²) in [7, 11) is -2.97. The van der Waals surface area contributed by atoms with Crippen LogP contribution in [0.15, 0.2) is 42.7 Å². The van der Waals surface area contributed by atoms with Gasteiger partial charge in [0, 0.05) is 30.1 Å². The molecule has 1 N–H and O–H groups in total. The number of rotatable bonds is 6. The maximum atomic E-state index is 11.3. The zero-order valence-corrected chi connectivity index (χ0v) is 13.3. The van der Waals surface area contributed by atoms with E-state index in [0.717, 1.165) is 11.3 Å². The van der Waals surface area contributed by atoms with E-state index in [1.54, 1.807) is 6.20 Å². The van der Waals surface area contributed by atoms with E-state index in [-0.39, 0.29) is 17.8 Å². The van der Waals surface area contributed by atoms with Gasteiger partial charge in [-0.15, -0.1) is 0 Å². The van der Waals surface area contributed by atoms with Gasteiger partial charge in [0.25, 0.3) is 0 Å². The highest BCUT2D eigenvalue weighted by molar-refractivity contribution is 7.90. The van der Waals surface area contributed by atoms with Crippen molar-refractivity contribution in [2.24, 2.45) is 0 Å². The number of hydrogen-bond acceptors (Lipinski definition) is 4. The molecule has 0 bridgehead atoms. The number of aromatic nitrogens is 2. The van der Waals surface area contributed by atoms with Crippen LogP contribution in [0.2, 0.25) is 0 Å². The Labute approximate surface area is 125 Å². The zero-order chi connectivity index (χ0) is 15.5. The molecule has 0 aliphatic carbocycles. The topological polar surface area (TPSA) is 64.0 Å². The summed E-state index contributed by atoms with van der Waals surface area (Å²) >= 11 is 0. The molecule has 0 aliphatic rings. The normalized spacial score (nSPS) is 14.8. The molecule has 0 aliphatic heterocycles. The fourth-order valence-electron chi connectivity index (χ4n) is 2.31. The van der Waals surface area contributed by atoms with E-state index in [1.165, 1.54) is 6.26 Å². The van der Waals surface area contributed by atoms with Crippen molar-refractivity contribution in [2.45, 2.75) is 25.9 Å². The number of nitrogens with zero attached hydrogens (tertiary/aromatic N) is 2. The molecule has 21 heavy (non-hydrogen) atoms. The standard InChI is InChI=1S/C15H21N3O2S/c1-12(11-21(3,19)20)17-13(2)14-9-16-18(10-14)15-7-5-4-6-8-15/h4-10,12-13,17H,11H2,1-3H3. The molecule has 0 fully saturated rings. The van der Waals surface area contributed by atoms with E-state index in [0.29, 0.717) is 0 Å². The summed E-state index contributed by atoms with van der Waals surface area (Å²) in [5, 5.41) is 7.63. The molecule has 6 heteroatoms. The fraction of sp³-hybridized carbons (Fsp3) is 0.400. The van der Waals surface area contributed by atoms with Gasteiger partial charge in [0.05, 0.1) is 17.6 Å². The second-order valence-corrected chi connectivity index (χ2v) is 7.62. The smallest absolute Gasteiger partial charge is 0.148 e. The second-order valence-electron chi connectivity index (χ2n) is 5.44. The summed E-state index contributed by atoms with van der Waals surface area (Å²) in [5.74, 6) is 0.129. The summed E-state index contributed by atoms with van der Waals surface area (Å²) in [4.78, 5) is 0. The molecule has 2 atom stereocenters. The molecule has 1 aromatic carbocycles. The van der Waals surface area contributed by atoms with E-state index >= 15 is 0 Å². The first-order chi connectivity index (χ1) is 9.85. The Morgan fingerprint density at radius 2 is 1.90 bits per heavy atom. The summed E-state index contributed by atoms with van der Waals surface area (Å²) < 4.78 is 24.4. The molecule has 114 valence electrons. The van der Waals surface area contributed by atoms with Crippen LogP contribution in [0, 0.1) is 0 Å². The van der Waals surface area contributed by atoms with Crippen LogP contribution in [-0.4, -0.2) is 36.2 Å². The van der Waals surface area contributed by atoms with Crippen LogP contribution in [0.5, 0.6) is 0 Å². The molecular formula is C15H21N3O2S. The van der Waals surface area contributed by atoms with Gasteiger partial charge in [-0.1, -0.05) is 18.2 Å². The number of sulfone groups is 1. The minimum absolute atomic E-state index is 0.0409. The van der Waals surface area contributed by atoms with Gasteiger partial charge < -0.3 is 5.32 Å². The van der Waals surface area contributed by atoms with Gasteiger partial charge in [-0.3, -0.25) is 0 Å². The van der Waals surface area contributed by atoms with E-state index in [1.807, 2.05) is 55.1 Å². The molecule has 0 amide bonds. The Hall–Kier alpha value is -1.66. The summed E-state index contributed by atoms with van der Waals surface area (Å²) in [6.45, 7) is 3.88. The predicted molar refractivity (Wildman–Crippen MR) is 84.3 cm³/mol. The Kier molecular flexibility index (Phi) is 4.80. The molecule has 5 nitrogen and oxygen atoms in total. The lowest BCUT2D eigenvalue weighted by atomic mass is 10.2. The van der Waals surface area contributed by atoms with Crippen LogP contribution < -0.4 is 5.32 Å². The highest BCUT2D eigenvalue weighted by atomic mass is 32.2. The summed E-state index contributed by atoms with van der Waals surface area (Å²) in [5.41, 5.74) is 2.03. The third kappa shape index (κ3) is 4.68. The monoisotopic (exact) mass is 307 g/mol. The van der Waals surface area contributed by atoms with Gasteiger partial charge >= 0.3 is 0 Å². The van der Waals surface area contributed by atoms with Gasteiger partial charge in [-0.25, -0.2) is 13.1 Å². The predicted octanol–water partition coefficient (Wildman–Crippen LogP) is 1.96. The molecule has 0 radical (unpaired) electrons. The Bertz CT molecular complexity index is 680. The number of para-hydroxylation sites is 1. The third-order valence-electron chi connectivity index (χ3n) is 3.21. The second kappa shape index (κ2) is 6.41. The number of hydrogen-bond donors (Lipinski definition) is 1. The lowest BCUT2D eigenvalue weighted by molar-refractivity contribution is 0.500. The molecule has 2 rings (SSSR count). The van der Waals surface area contributed by atoms with Gasteiger partial charge in [0.15, 0.2) is 0 Å². The minimum atomic E-state index is -2.97. The Morgan fingerprint density at radius 3 is 2.52 bits per heavy atom. The van der Waals surface area contributed by atoms with Crippen LogP contribution in [0.4, 0.5) is 0 Å². The number of nitrogens with one attached hydrogen (secondary N) is 1. The molecule has 2 unspecified atom stereocenters. The maximum Gasteiger partial charge on any atom is 0.148 e. The molecule has 0 spiro atoms. The first kappa shape index (κ1) is 15.7. The molecule has 1 aromatic heterocycles. The largest absolute Gasteiger partial charge is 0.307 e. The van der Waals surface area contributed by atoms with Crippen molar-refractivity contribution in [3.05, 3.63) is 48.3 Å². The van der Waals surface area contributed by atoms with Gasteiger partial charge in [0.1, 0.15) is 9.84 Å². The third-order valence-corrected chi connectivity index (χ3v) is 4.32. The zero-order valence-electron chi connectivity index (χ0n) is 12.5. The van der Waals surface area contributed by atoms with E-state index in [9.17, 15) is 8.42 Å². The Balaban J connectivity index is 2.04. The summed E-state index contributed by atoms with van der Waals surface area (Å²) in [6.07, 6.45) is 5.02. The highest BCUT2D eigenvalue weighted by Gasteiger charge is 2.15. The van der Waals surface area contributed by atoms with E-state index < -0.39 is 9.84 Å². The Morgan fingerprint density at radius 1 is 1.24 bits per heavy atom. The summed E-state index contributed by atoms with van der Waals surface area (Å²) in [6, 6.07) is 9.81. The van der Waals surface area contributed by atoms with Crippen molar-refractivity contribution in [2.75, 3.05) is 12.0 Å². The van der Waals surface area contributed by atoms with Crippen LogP contribution >= 0.6 is 0 Å². The molecule has 0 saturated heterocycles. The highest BCUT2D eigenvalue weighted by Crippen LogP contribution is 2.15. The van der Waals surface area contributed by atoms with E-state index in [4.69, 9.17) is 0 Å². The van der Waals surface area contributed by atoms with Crippen molar-refractivity contribution in [3.63, 3.8) is 0 Å². The lowest BCUT2D eigenvalue weighted by Crippen LogP contribution is -2.34. The van der Waals surface area contributed by atoms with Crippen molar-refractivity contribution in [1.82, 2.24) is 15.1 Å². The van der Waals surface area contributed by atoms with Crippen LogP contribution in [0.3, 0.4) is 0 Å². The molecule has 1 heterocycles. The van der Waals surface area contributed by atoms with Crippen molar-refractivity contribution in [1.29, 1.82) is 0 Å². The quantitative estimate of drug-likeness (QED) is 0.886. The van der Waals surface area contributed by atoms with Gasteiger partial charge in [-0.05, 0) is 26.0 Å². The molecule has 0 saturated carbocycles. The molecule has 2 aromatic rings. The van der Waals surface area contributed by atoms with Crippen molar-refractivity contribution in [3.8, 4) is 5.69 Å². The van der Waals surface area contributed by atoms with Gasteiger partial charge in [-0.2, -0.15) is 5.10 Å². The van der Waals surface area contributed by atoms with Crippen LogP contribution in [-0.2, 0) is 9.84 Å². The van der Waals surface area contributed by atoms with E-state index in [2.05, 4.69) is 10.4 Å². The van der Waals surface area contributed by atoms with Crippen LogP contribution in [0.25, 0.3) is 5.69 Å². The first-order valence-electron chi connectivity index (χ1n) is 6.89. The maximum absolute atomic E-state index is 11.3.